The van der Waals surface area contributed by atoms with Gasteiger partial charge in [-0.05, 0) is 24.3 Å². The second-order valence-electron chi connectivity index (χ2n) is 5.95. The Morgan fingerprint density at radius 3 is 2.81 bits per heavy atom. The van der Waals surface area contributed by atoms with E-state index >= 15 is 0 Å². The van der Waals surface area contributed by atoms with Gasteiger partial charge in [-0.15, -0.1) is 0 Å². The summed E-state index contributed by atoms with van der Waals surface area (Å²) < 4.78 is 7.34. The van der Waals surface area contributed by atoms with E-state index in [1.807, 2.05) is 0 Å². The number of fused-ring (bicyclic) bond motifs is 1. The molecule has 4 aromatic rings. The Bertz CT molecular complexity index is 1210. The molecule has 0 fully saturated rings. The molecule has 3 aromatic heterocycles. The maximum atomic E-state index is 12.3. The van der Waals surface area contributed by atoms with Crippen molar-refractivity contribution in [3.8, 4) is 22.6 Å². The fourth-order valence-electron chi connectivity index (χ4n) is 2.95. The molecule has 0 amide bonds. The predicted molar refractivity (Wildman–Crippen MR) is 99.9 cm³/mol. The monoisotopic (exact) mass is 362 g/mol. The van der Waals surface area contributed by atoms with E-state index < -0.39 is 4.92 Å². The minimum atomic E-state index is -0.465. The van der Waals surface area contributed by atoms with Crippen molar-refractivity contribution < 1.29 is 9.66 Å². The zero-order chi connectivity index (χ0) is 19.0. The first kappa shape index (κ1) is 16.5. The molecule has 0 radical (unpaired) electrons. The van der Waals surface area contributed by atoms with E-state index in [4.69, 9.17) is 4.74 Å². The number of hydrogen-bond donors (Lipinski definition) is 1. The van der Waals surface area contributed by atoms with Crippen molar-refractivity contribution in [3.05, 3.63) is 81.7 Å². The summed E-state index contributed by atoms with van der Waals surface area (Å²) in [6.45, 7) is 0. The number of nitrogens with one attached hydrogen (secondary N) is 1. The van der Waals surface area contributed by atoms with Crippen LogP contribution in [0.25, 0.3) is 22.0 Å². The molecular weight excluding hydrogens is 348 g/mol. The van der Waals surface area contributed by atoms with Gasteiger partial charge in [-0.3, -0.25) is 19.9 Å². The van der Waals surface area contributed by atoms with E-state index in [0.717, 1.165) is 0 Å². The molecule has 8 nitrogen and oxygen atoms in total. The van der Waals surface area contributed by atoms with Crippen LogP contribution in [-0.4, -0.2) is 19.5 Å². The Labute approximate surface area is 152 Å². The smallest absolute Gasteiger partial charge is 0.274 e. The van der Waals surface area contributed by atoms with Crippen LogP contribution in [0.4, 0.5) is 5.69 Å². The number of rotatable bonds is 4. The van der Waals surface area contributed by atoms with Gasteiger partial charge in [0.1, 0.15) is 17.0 Å². The van der Waals surface area contributed by atoms with Crippen LogP contribution < -0.4 is 10.3 Å². The number of H-pyrrole nitrogens is 1. The first-order chi connectivity index (χ1) is 13.0. The Morgan fingerprint density at radius 1 is 1.22 bits per heavy atom. The van der Waals surface area contributed by atoms with Gasteiger partial charge < -0.3 is 14.3 Å². The Morgan fingerprint density at radius 2 is 2.07 bits per heavy atom. The van der Waals surface area contributed by atoms with Crippen LogP contribution in [-0.2, 0) is 7.05 Å². The first-order valence-electron chi connectivity index (χ1n) is 8.08. The summed E-state index contributed by atoms with van der Waals surface area (Å²) in [7, 11) is 1.63. The van der Waals surface area contributed by atoms with Gasteiger partial charge in [0, 0.05) is 54.3 Å². The van der Waals surface area contributed by atoms with Crippen molar-refractivity contribution in [1.29, 1.82) is 0 Å². The lowest BCUT2D eigenvalue weighted by molar-refractivity contribution is -0.384. The van der Waals surface area contributed by atoms with E-state index in [1.165, 1.54) is 16.7 Å². The topological polar surface area (TPSA) is 103 Å². The van der Waals surface area contributed by atoms with Gasteiger partial charge in [0.2, 0.25) is 0 Å². The molecule has 4 rings (SSSR count). The summed E-state index contributed by atoms with van der Waals surface area (Å²) in [6, 6.07) is 9.61. The van der Waals surface area contributed by atoms with Gasteiger partial charge in [0.25, 0.3) is 11.2 Å². The molecule has 1 N–H and O–H groups in total. The number of hydrogen-bond acceptors (Lipinski definition) is 5. The zero-order valence-corrected chi connectivity index (χ0v) is 14.2. The number of aromatic nitrogens is 3. The molecule has 0 aliphatic heterocycles. The SMILES string of the molecule is Cn1cc(-c2cc([N+](=O)[O-])ccc2Oc2cccnc2)c2cc[nH]c2c1=O. The number of benzene rings is 1. The van der Waals surface area contributed by atoms with Gasteiger partial charge in [0.15, 0.2) is 0 Å². The minimum absolute atomic E-state index is 0.0684. The average Bonchev–Trinajstić information content (AvgIpc) is 3.16. The highest BCUT2D eigenvalue weighted by molar-refractivity contribution is 5.96. The van der Waals surface area contributed by atoms with Crippen molar-refractivity contribution in [1.82, 2.24) is 14.5 Å². The van der Waals surface area contributed by atoms with Gasteiger partial charge in [-0.1, -0.05) is 0 Å². The molecular formula is C19H14N4O4. The van der Waals surface area contributed by atoms with E-state index in [2.05, 4.69) is 9.97 Å². The molecule has 3 heterocycles. The predicted octanol–water partition coefficient (Wildman–Crippen LogP) is 3.63. The van der Waals surface area contributed by atoms with Crippen LogP contribution in [0.15, 0.2) is 66.0 Å². The fourth-order valence-corrected chi connectivity index (χ4v) is 2.95. The fraction of sp³-hybridized carbons (Fsp3) is 0.0526. The maximum Gasteiger partial charge on any atom is 0.274 e. The lowest BCUT2D eigenvalue weighted by Crippen LogP contribution is -2.16. The second-order valence-corrected chi connectivity index (χ2v) is 5.95. The number of ether oxygens (including phenoxy) is 1. The van der Waals surface area contributed by atoms with Crippen LogP contribution in [0.2, 0.25) is 0 Å². The molecule has 0 saturated heterocycles. The van der Waals surface area contributed by atoms with Gasteiger partial charge in [-0.2, -0.15) is 0 Å². The minimum Gasteiger partial charge on any atom is -0.455 e. The number of nitro groups is 1. The third kappa shape index (κ3) is 2.93. The van der Waals surface area contributed by atoms with Gasteiger partial charge in [0.05, 0.1) is 11.1 Å². The first-order valence-corrected chi connectivity index (χ1v) is 8.08. The summed E-state index contributed by atoms with van der Waals surface area (Å²) in [5, 5.41) is 11.9. The van der Waals surface area contributed by atoms with Crippen molar-refractivity contribution in [2.75, 3.05) is 0 Å². The van der Waals surface area contributed by atoms with Crippen LogP contribution in [0.1, 0.15) is 0 Å². The largest absolute Gasteiger partial charge is 0.455 e. The summed E-state index contributed by atoms with van der Waals surface area (Å²) in [5.41, 5.74) is 1.33. The maximum absolute atomic E-state index is 12.3. The van der Waals surface area contributed by atoms with Gasteiger partial charge >= 0.3 is 0 Å². The molecule has 0 spiro atoms. The third-order valence-electron chi connectivity index (χ3n) is 4.22. The van der Waals surface area contributed by atoms with Crippen LogP contribution in [0, 0.1) is 10.1 Å². The molecule has 134 valence electrons. The molecule has 0 aliphatic rings. The quantitative estimate of drug-likeness (QED) is 0.441. The van der Waals surface area contributed by atoms with Crippen LogP contribution >= 0.6 is 0 Å². The highest BCUT2D eigenvalue weighted by Gasteiger charge is 2.18. The molecule has 0 unspecified atom stereocenters. The number of nitrogens with zero attached hydrogens (tertiary/aromatic N) is 3. The van der Waals surface area contributed by atoms with E-state index in [0.29, 0.717) is 33.5 Å². The van der Waals surface area contributed by atoms with E-state index in [-0.39, 0.29) is 11.2 Å². The molecule has 0 bridgehead atoms. The third-order valence-corrected chi connectivity index (χ3v) is 4.22. The summed E-state index contributed by atoms with van der Waals surface area (Å²) >= 11 is 0. The standard InChI is InChI=1S/C19H14N4O4/c1-22-11-16(14-6-8-21-18(14)19(22)24)15-9-12(23(25)26)4-5-17(15)27-13-3-2-7-20-10-13/h2-11,21H,1H3. The normalized spacial score (nSPS) is 10.9. The Kier molecular flexibility index (Phi) is 3.92. The number of aryl methyl sites for hydroxylation is 1. The lowest BCUT2D eigenvalue weighted by Gasteiger charge is -2.13. The number of non-ortho nitro benzene ring substituents is 1. The van der Waals surface area contributed by atoms with E-state index in [1.54, 1.807) is 56.1 Å². The van der Waals surface area contributed by atoms with Crippen molar-refractivity contribution in [2.45, 2.75) is 0 Å². The molecule has 27 heavy (non-hydrogen) atoms. The zero-order valence-electron chi connectivity index (χ0n) is 14.2. The number of nitro benzene ring substituents is 1. The summed E-state index contributed by atoms with van der Waals surface area (Å²) in [5.74, 6) is 0.928. The van der Waals surface area contributed by atoms with Crippen LogP contribution in [0.3, 0.4) is 0 Å². The Hall–Kier alpha value is -3.94. The molecule has 0 atom stereocenters. The summed E-state index contributed by atoms with van der Waals surface area (Å²) in [4.78, 5) is 30.1. The number of pyridine rings is 2. The lowest BCUT2D eigenvalue weighted by atomic mass is 10.0. The second kappa shape index (κ2) is 6.41. The summed E-state index contributed by atoms with van der Waals surface area (Å²) in [6.07, 6.45) is 6.49. The number of aromatic amines is 1. The van der Waals surface area contributed by atoms with Crippen molar-refractivity contribution >= 4 is 16.6 Å². The molecule has 1 aromatic carbocycles. The van der Waals surface area contributed by atoms with Crippen LogP contribution in [0.5, 0.6) is 11.5 Å². The van der Waals surface area contributed by atoms with E-state index in [9.17, 15) is 14.9 Å². The highest BCUT2D eigenvalue weighted by atomic mass is 16.6. The Balaban J connectivity index is 1.97. The molecule has 8 heteroatoms. The average molecular weight is 362 g/mol. The molecule has 0 aliphatic carbocycles. The van der Waals surface area contributed by atoms with Crippen molar-refractivity contribution in [3.63, 3.8) is 0 Å². The highest BCUT2D eigenvalue weighted by Crippen LogP contribution is 2.38. The van der Waals surface area contributed by atoms with Crippen molar-refractivity contribution in [2.24, 2.45) is 7.05 Å². The molecule has 0 saturated carbocycles. The van der Waals surface area contributed by atoms with Gasteiger partial charge in [-0.25, -0.2) is 0 Å².